The van der Waals surface area contributed by atoms with Crippen molar-refractivity contribution in [2.45, 2.75) is 25.3 Å². The van der Waals surface area contributed by atoms with Gasteiger partial charge in [0.2, 0.25) is 5.76 Å². The molecule has 0 N–H and O–H groups in total. The normalized spacial score (nSPS) is 13.7. The molecule has 1 aromatic carbocycles. The fraction of sp³-hybridized carbons (Fsp3) is 0.238. The van der Waals surface area contributed by atoms with E-state index in [0.29, 0.717) is 27.9 Å². The van der Waals surface area contributed by atoms with Crippen molar-refractivity contribution in [2.24, 2.45) is 0 Å². The van der Waals surface area contributed by atoms with Gasteiger partial charge in [0.05, 0.1) is 24.7 Å². The first kappa shape index (κ1) is 18.6. The van der Waals surface area contributed by atoms with Crippen LogP contribution >= 0.6 is 11.6 Å². The summed E-state index contributed by atoms with van der Waals surface area (Å²) in [6.07, 6.45) is 3.73. The van der Waals surface area contributed by atoms with Crippen molar-refractivity contribution in [3.8, 4) is 5.69 Å². The Morgan fingerprint density at radius 3 is 2.87 bits per heavy atom. The van der Waals surface area contributed by atoms with E-state index in [4.69, 9.17) is 16.0 Å². The zero-order valence-electron chi connectivity index (χ0n) is 16.0. The maximum Gasteiger partial charge on any atom is 0.373 e. The number of rotatable bonds is 5. The maximum absolute atomic E-state index is 13.3. The number of nitrogens with zero attached hydrogens (tertiary/aromatic N) is 4. The molecule has 0 bridgehead atoms. The Balaban J connectivity index is 1.64. The van der Waals surface area contributed by atoms with Crippen LogP contribution in [0, 0.1) is 0 Å². The van der Waals surface area contributed by atoms with E-state index in [9.17, 15) is 9.59 Å². The van der Waals surface area contributed by atoms with Crippen molar-refractivity contribution in [2.75, 3.05) is 7.11 Å². The summed E-state index contributed by atoms with van der Waals surface area (Å²) >= 11 is 6.14. The van der Waals surface area contributed by atoms with Gasteiger partial charge in [-0.05, 0) is 43.2 Å². The number of esters is 1. The first-order valence-corrected chi connectivity index (χ1v) is 9.84. The quantitative estimate of drug-likeness (QED) is 0.455. The van der Waals surface area contributed by atoms with Gasteiger partial charge in [-0.1, -0.05) is 17.7 Å². The van der Waals surface area contributed by atoms with Crippen molar-refractivity contribution in [3.63, 3.8) is 0 Å². The van der Waals surface area contributed by atoms with E-state index in [1.54, 1.807) is 29.1 Å². The summed E-state index contributed by atoms with van der Waals surface area (Å²) in [5, 5.41) is 10.3. The third-order valence-electron chi connectivity index (χ3n) is 5.08. The van der Waals surface area contributed by atoms with E-state index < -0.39 is 5.97 Å². The molecule has 1 aliphatic carbocycles. The number of aromatic nitrogens is 4. The van der Waals surface area contributed by atoms with Crippen LogP contribution in [0.25, 0.3) is 16.6 Å². The highest BCUT2D eigenvalue weighted by Crippen LogP contribution is 2.41. The summed E-state index contributed by atoms with van der Waals surface area (Å²) in [6.45, 7) is 0.0895. The minimum Gasteiger partial charge on any atom is -0.463 e. The molecule has 0 radical (unpaired) electrons. The summed E-state index contributed by atoms with van der Waals surface area (Å²) in [7, 11) is 1.28. The molecule has 3 aromatic heterocycles. The first-order chi connectivity index (χ1) is 14.5. The lowest BCUT2D eigenvalue weighted by Gasteiger charge is -2.09. The van der Waals surface area contributed by atoms with Gasteiger partial charge in [0, 0.05) is 16.3 Å². The SMILES string of the molecule is COC(=O)c1ccc(Cn2nc(C3CC3)c3cnn(-c4cccc(Cl)c4)c3c2=O)o1. The number of ether oxygens (including phenoxy) is 1. The molecule has 152 valence electrons. The molecular weight excluding hydrogens is 408 g/mol. The van der Waals surface area contributed by atoms with Crippen LogP contribution in [0.2, 0.25) is 5.02 Å². The number of furan rings is 1. The molecule has 0 atom stereocenters. The number of hydrogen-bond acceptors (Lipinski definition) is 6. The molecule has 0 spiro atoms. The number of carbonyl (C=O) groups is 1. The highest BCUT2D eigenvalue weighted by Gasteiger charge is 2.30. The molecule has 1 fully saturated rings. The van der Waals surface area contributed by atoms with Gasteiger partial charge in [0.25, 0.3) is 5.56 Å². The molecule has 30 heavy (non-hydrogen) atoms. The zero-order chi connectivity index (χ0) is 20.8. The molecule has 0 saturated heterocycles. The van der Waals surface area contributed by atoms with Crippen LogP contribution in [-0.2, 0) is 11.3 Å². The van der Waals surface area contributed by atoms with Crippen LogP contribution in [0.5, 0.6) is 0 Å². The summed E-state index contributed by atoms with van der Waals surface area (Å²) in [5.41, 5.74) is 1.68. The lowest BCUT2D eigenvalue weighted by molar-refractivity contribution is 0.0562. The van der Waals surface area contributed by atoms with Crippen LogP contribution in [-0.4, -0.2) is 32.6 Å². The smallest absolute Gasteiger partial charge is 0.373 e. The van der Waals surface area contributed by atoms with E-state index >= 15 is 0 Å². The van der Waals surface area contributed by atoms with E-state index in [1.807, 2.05) is 12.1 Å². The van der Waals surface area contributed by atoms with Crippen LogP contribution in [0.3, 0.4) is 0 Å². The number of hydrogen-bond donors (Lipinski definition) is 0. The van der Waals surface area contributed by atoms with E-state index in [-0.39, 0.29) is 17.9 Å². The van der Waals surface area contributed by atoms with E-state index in [1.165, 1.54) is 17.9 Å². The van der Waals surface area contributed by atoms with Crippen LogP contribution in [0.15, 0.2) is 51.8 Å². The Morgan fingerprint density at radius 1 is 1.30 bits per heavy atom. The van der Waals surface area contributed by atoms with Gasteiger partial charge in [0.1, 0.15) is 17.8 Å². The van der Waals surface area contributed by atoms with Gasteiger partial charge in [-0.2, -0.15) is 10.2 Å². The summed E-state index contributed by atoms with van der Waals surface area (Å²) in [4.78, 5) is 25.0. The Bertz CT molecular complexity index is 1330. The molecule has 1 aliphatic rings. The predicted octanol–water partition coefficient (Wildman–Crippen LogP) is 3.54. The third-order valence-corrected chi connectivity index (χ3v) is 5.32. The van der Waals surface area contributed by atoms with Gasteiger partial charge < -0.3 is 9.15 Å². The van der Waals surface area contributed by atoms with Crippen molar-refractivity contribution in [1.29, 1.82) is 0 Å². The highest BCUT2D eigenvalue weighted by molar-refractivity contribution is 6.30. The average molecular weight is 425 g/mol. The molecular formula is C21H17ClN4O4. The molecule has 0 unspecified atom stereocenters. The number of halogens is 1. The summed E-state index contributed by atoms with van der Waals surface area (Å²) in [6, 6.07) is 10.3. The minimum absolute atomic E-state index is 0.0769. The molecule has 3 heterocycles. The fourth-order valence-electron chi connectivity index (χ4n) is 3.48. The summed E-state index contributed by atoms with van der Waals surface area (Å²) < 4.78 is 13.1. The zero-order valence-corrected chi connectivity index (χ0v) is 16.8. The number of fused-ring (bicyclic) bond motifs is 1. The van der Waals surface area contributed by atoms with Crippen molar-refractivity contribution >= 4 is 28.5 Å². The van der Waals surface area contributed by atoms with Crippen LogP contribution in [0.1, 0.15) is 40.8 Å². The van der Waals surface area contributed by atoms with Gasteiger partial charge in [0.15, 0.2) is 0 Å². The standard InChI is InChI=1S/C21H17ClN4O4/c1-29-21(28)17-8-7-15(30-17)11-25-20(27)19-16(18(24-25)12-5-6-12)10-23-26(19)14-4-2-3-13(22)9-14/h2-4,7-10,12H,5-6,11H2,1H3. The average Bonchev–Trinajstić information content (AvgIpc) is 3.31. The fourth-order valence-corrected chi connectivity index (χ4v) is 3.67. The van der Waals surface area contributed by atoms with Crippen LogP contribution in [0.4, 0.5) is 0 Å². The molecule has 5 rings (SSSR count). The lowest BCUT2D eigenvalue weighted by Crippen LogP contribution is -2.26. The highest BCUT2D eigenvalue weighted by atomic mass is 35.5. The molecule has 0 aliphatic heterocycles. The molecule has 0 amide bonds. The monoisotopic (exact) mass is 424 g/mol. The maximum atomic E-state index is 13.3. The van der Waals surface area contributed by atoms with Crippen LogP contribution < -0.4 is 5.56 Å². The molecule has 1 saturated carbocycles. The van der Waals surface area contributed by atoms with Crippen molar-refractivity contribution < 1.29 is 13.9 Å². The van der Waals surface area contributed by atoms with Gasteiger partial charge >= 0.3 is 5.97 Å². The third kappa shape index (κ3) is 3.19. The summed E-state index contributed by atoms with van der Waals surface area (Å²) in [5.74, 6) is 0.237. The van der Waals surface area contributed by atoms with Gasteiger partial charge in [-0.3, -0.25) is 4.79 Å². The van der Waals surface area contributed by atoms with E-state index in [0.717, 1.165) is 23.9 Å². The second-order valence-corrected chi connectivity index (χ2v) is 7.61. The Labute approximate surface area is 175 Å². The Kier molecular flexibility index (Phi) is 4.43. The van der Waals surface area contributed by atoms with Gasteiger partial charge in [-0.15, -0.1) is 0 Å². The molecule has 9 heteroatoms. The minimum atomic E-state index is -0.574. The van der Waals surface area contributed by atoms with Crippen molar-refractivity contribution in [3.05, 3.63) is 75.2 Å². The number of methoxy groups -OCH3 is 1. The Hall–Kier alpha value is -3.39. The number of benzene rings is 1. The number of carbonyl (C=O) groups excluding carboxylic acids is 1. The topological polar surface area (TPSA) is 92.2 Å². The Morgan fingerprint density at radius 2 is 2.13 bits per heavy atom. The molecule has 8 nitrogen and oxygen atoms in total. The first-order valence-electron chi connectivity index (χ1n) is 9.47. The molecule has 4 aromatic rings. The lowest BCUT2D eigenvalue weighted by atomic mass is 10.2. The second-order valence-electron chi connectivity index (χ2n) is 7.18. The predicted molar refractivity (Wildman–Crippen MR) is 109 cm³/mol. The van der Waals surface area contributed by atoms with E-state index in [2.05, 4.69) is 14.9 Å². The van der Waals surface area contributed by atoms with Crippen molar-refractivity contribution in [1.82, 2.24) is 19.6 Å². The largest absolute Gasteiger partial charge is 0.463 e. The second kappa shape index (κ2) is 7.14. The van der Waals surface area contributed by atoms with Gasteiger partial charge in [-0.25, -0.2) is 14.2 Å².